The van der Waals surface area contributed by atoms with Gasteiger partial charge in [0, 0.05) is 6.92 Å². The standard InChI is InChI=1S/C29H47NO3/c1-19(9-7-15-28(4,5)33)25-13-14-26-22(10-8-16-29(25,26)6)11-12-23-17-24(32)18-27(20(23)2)30-21(3)31/h11-12,19,24-27,32-33H,2,7-10,13-18H2,1,3-6H3,(H,30,31)/b22-11+,23-12-/t19-,24-,25-,26+,27?,29-/m1/s1. The minimum Gasteiger partial charge on any atom is -0.393 e. The zero-order valence-corrected chi connectivity index (χ0v) is 21.6. The van der Waals surface area contributed by atoms with Gasteiger partial charge in [-0.25, -0.2) is 0 Å². The van der Waals surface area contributed by atoms with Crippen LogP contribution in [0.5, 0.6) is 0 Å². The summed E-state index contributed by atoms with van der Waals surface area (Å²) in [4.78, 5) is 11.6. The van der Waals surface area contributed by atoms with E-state index in [1.807, 2.05) is 13.8 Å². The zero-order chi connectivity index (χ0) is 24.4. The second-order valence-corrected chi connectivity index (χ2v) is 12.1. The van der Waals surface area contributed by atoms with E-state index in [1.165, 1.54) is 39.0 Å². The molecule has 6 atom stereocenters. The third kappa shape index (κ3) is 6.39. The summed E-state index contributed by atoms with van der Waals surface area (Å²) in [6.45, 7) is 14.5. The first-order valence-corrected chi connectivity index (χ1v) is 13.2. The van der Waals surface area contributed by atoms with Gasteiger partial charge in [-0.1, -0.05) is 51.0 Å². The van der Waals surface area contributed by atoms with Gasteiger partial charge in [-0.3, -0.25) is 4.79 Å². The van der Waals surface area contributed by atoms with Crippen molar-refractivity contribution in [2.75, 3.05) is 0 Å². The fourth-order valence-corrected chi connectivity index (χ4v) is 7.15. The maximum atomic E-state index is 11.6. The molecule has 1 amide bonds. The quantitative estimate of drug-likeness (QED) is 0.449. The Morgan fingerprint density at radius 3 is 2.73 bits per heavy atom. The van der Waals surface area contributed by atoms with Crippen molar-refractivity contribution in [1.29, 1.82) is 0 Å². The van der Waals surface area contributed by atoms with Crippen molar-refractivity contribution in [3.63, 3.8) is 0 Å². The highest BCUT2D eigenvalue weighted by atomic mass is 16.3. The number of aliphatic hydroxyl groups excluding tert-OH is 1. The van der Waals surface area contributed by atoms with Gasteiger partial charge < -0.3 is 15.5 Å². The molecule has 0 saturated heterocycles. The first kappa shape index (κ1) is 26.2. The lowest BCUT2D eigenvalue weighted by atomic mass is 9.60. The first-order valence-electron chi connectivity index (χ1n) is 13.2. The summed E-state index contributed by atoms with van der Waals surface area (Å²) in [5, 5.41) is 23.4. The van der Waals surface area contributed by atoms with Crippen molar-refractivity contribution in [2.45, 2.75) is 117 Å². The van der Waals surface area contributed by atoms with E-state index in [-0.39, 0.29) is 11.9 Å². The minimum atomic E-state index is -0.564. The third-order valence-corrected chi connectivity index (χ3v) is 8.85. The Balaban J connectivity index is 1.71. The number of amides is 1. The molecule has 0 radical (unpaired) electrons. The van der Waals surface area contributed by atoms with Crippen molar-refractivity contribution >= 4 is 5.91 Å². The molecule has 0 aromatic rings. The van der Waals surface area contributed by atoms with Crippen molar-refractivity contribution < 1.29 is 15.0 Å². The zero-order valence-electron chi connectivity index (χ0n) is 21.6. The maximum Gasteiger partial charge on any atom is 0.217 e. The number of rotatable bonds is 7. The normalized spacial score (nSPS) is 36.2. The predicted molar refractivity (Wildman–Crippen MR) is 136 cm³/mol. The van der Waals surface area contributed by atoms with Crippen LogP contribution in [0.2, 0.25) is 0 Å². The highest BCUT2D eigenvalue weighted by molar-refractivity contribution is 5.74. The van der Waals surface area contributed by atoms with E-state index in [0.29, 0.717) is 30.1 Å². The van der Waals surface area contributed by atoms with Gasteiger partial charge in [-0.15, -0.1) is 0 Å². The molecule has 3 aliphatic carbocycles. The molecule has 3 rings (SSSR count). The highest BCUT2D eigenvalue weighted by Gasteiger charge is 2.50. The van der Waals surface area contributed by atoms with E-state index < -0.39 is 11.7 Å². The fraction of sp³-hybridized carbons (Fsp3) is 0.759. The van der Waals surface area contributed by atoms with Crippen LogP contribution in [0.15, 0.2) is 35.5 Å². The van der Waals surface area contributed by atoms with Crippen LogP contribution in [0.3, 0.4) is 0 Å². The van der Waals surface area contributed by atoms with Gasteiger partial charge >= 0.3 is 0 Å². The Hall–Kier alpha value is -1.39. The molecule has 0 heterocycles. The molecule has 4 heteroatoms. The molecule has 0 aromatic carbocycles. The van der Waals surface area contributed by atoms with Crippen LogP contribution in [0.25, 0.3) is 0 Å². The van der Waals surface area contributed by atoms with E-state index in [4.69, 9.17) is 0 Å². The molecule has 3 N–H and O–H groups in total. The van der Waals surface area contributed by atoms with E-state index in [2.05, 4.69) is 37.9 Å². The van der Waals surface area contributed by atoms with E-state index >= 15 is 0 Å². The molecule has 1 unspecified atom stereocenters. The van der Waals surface area contributed by atoms with E-state index in [0.717, 1.165) is 36.3 Å². The van der Waals surface area contributed by atoms with E-state index in [9.17, 15) is 15.0 Å². The van der Waals surface area contributed by atoms with E-state index in [1.54, 1.807) is 5.57 Å². The van der Waals surface area contributed by atoms with Crippen molar-refractivity contribution in [2.24, 2.45) is 23.2 Å². The molecule has 186 valence electrons. The molecule has 33 heavy (non-hydrogen) atoms. The van der Waals surface area contributed by atoms with Gasteiger partial charge in [0.05, 0.1) is 17.7 Å². The number of allylic oxidation sites excluding steroid dienone is 3. The minimum absolute atomic E-state index is 0.0790. The lowest BCUT2D eigenvalue weighted by molar-refractivity contribution is -0.119. The number of fused-ring (bicyclic) bond motifs is 1. The van der Waals surface area contributed by atoms with Crippen LogP contribution >= 0.6 is 0 Å². The smallest absolute Gasteiger partial charge is 0.217 e. The van der Waals surface area contributed by atoms with Crippen LogP contribution in [0.1, 0.15) is 98.8 Å². The topological polar surface area (TPSA) is 69.6 Å². The van der Waals surface area contributed by atoms with Gasteiger partial charge in [0.1, 0.15) is 0 Å². The fourth-order valence-electron chi connectivity index (χ4n) is 7.15. The number of hydrogen-bond donors (Lipinski definition) is 3. The Morgan fingerprint density at radius 1 is 1.33 bits per heavy atom. The van der Waals surface area contributed by atoms with Crippen LogP contribution < -0.4 is 5.32 Å². The van der Waals surface area contributed by atoms with Gasteiger partial charge in [-0.05, 0) is 99.5 Å². The Labute approximate surface area is 201 Å². The molecule has 0 bridgehead atoms. The summed E-state index contributed by atoms with van der Waals surface area (Å²) in [7, 11) is 0. The maximum absolute atomic E-state index is 11.6. The summed E-state index contributed by atoms with van der Waals surface area (Å²) >= 11 is 0. The second kappa shape index (κ2) is 10.5. The molecule has 3 saturated carbocycles. The van der Waals surface area contributed by atoms with Crippen LogP contribution in [0, 0.1) is 23.2 Å². The Morgan fingerprint density at radius 2 is 2.06 bits per heavy atom. The molecule has 4 nitrogen and oxygen atoms in total. The molecule has 0 aliphatic heterocycles. The van der Waals surface area contributed by atoms with Crippen LogP contribution in [0.4, 0.5) is 0 Å². The predicted octanol–water partition coefficient (Wildman–Crippen LogP) is 5.85. The van der Waals surface area contributed by atoms with Gasteiger partial charge in [-0.2, -0.15) is 0 Å². The SMILES string of the molecule is C=C1/C(=C\C=C2/CCC[C@]3(C)[C@@H]([C@H](C)CCCC(C)(C)O)CC[C@@H]23)C[C@@H](O)CC1NC(C)=O. The summed E-state index contributed by atoms with van der Waals surface area (Å²) in [6.07, 6.45) is 14.7. The van der Waals surface area contributed by atoms with Crippen LogP contribution in [-0.4, -0.2) is 33.9 Å². The second-order valence-electron chi connectivity index (χ2n) is 12.1. The van der Waals surface area contributed by atoms with Crippen molar-refractivity contribution in [1.82, 2.24) is 5.32 Å². The number of aliphatic hydroxyl groups is 2. The van der Waals surface area contributed by atoms with Crippen LogP contribution in [-0.2, 0) is 4.79 Å². The number of carbonyl (C=O) groups is 1. The number of hydrogen-bond acceptors (Lipinski definition) is 3. The third-order valence-electron chi connectivity index (χ3n) is 8.85. The summed E-state index contributed by atoms with van der Waals surface area (Å²) in [6, 6.07) is -0.173. The summed E-state index contributed by atoms with van der Waals surface area (Å²) in [5.74, 6) is 1.99. The van der Waals surface area contributed by atoms with Gasteiger partial charge in [0.2, 0.25) is 5.91 Å². The average Bonchev–Trinajstić information content (AvgIpc) is 3.05. The summed E-state index contributed by atoms with van der Waals surface area (Å²) in [5.41, 5.74) is 3.37. The molecular weight excluding hydrogens is 410 g/mol. The molecular formula is C29H47NO3. The highest BCUT2D eigenvalue weighted by Crippen LogP contribution is 2.60. The molecule has 0 aromatic heterocycles. The van der Waals surface area contributed by atoms with Gasteiger partial charge in [0.25, 0.3) is 0 Å². The van der Waals surface area contributed by atoms with Gasteiger partial charge in [0.15, 0.2) is 0 Å². The molecule has 3 fully saturated rings. The lowest BCUT2D eigenvalue weighted by Gasteiger charge is -2.44. The molecule has 0 spiro atoms. The first-order chi connectivity index (χ1) is 15.4. The largest absolute Gasteiger partial charge is 0.393 e. The van der Waals surface area contributed by atoms with Crippen molar-refractivity contribution in [3.8, 4) is 0 Å². The van der Waals surface area contributed by atoms with Crippen molar-refractivity contribution in [3.05, 3.63) is 35.5 Å². The summed E-state index contributed by atoms with van der Waals surface area (Å²) < 4.78 is 0. The Kier molecular flexibility index (Phi) is 8.32. The lowest BCUT2D eigenvalue weighted by Crippen LogP contribution is -2.40. The molecule has 3 aliphatic rings. The average molecular weight is 458 g/mol. The Bertz CT molecular complexity index is 789. The number of carbonyl (C=O) groups excluding carboxylic acids is 1. The monoisotopic (exact) mass is 457 g/mol. The number of nitrogens with one attached hydrogen (secondary N) is 1.